The Bertz CT molecular complexity index is 719. The van der Waals surface area contributed by atoms with Gasteiger partial charge in [-0.3, -0.25) is 0 Å². The van der Waals surface area contributed by atoms with Crippen molar-refractivity contribution in [2.75, 3.05) is 13.1 Å². The number of hydrogen-bond donors (Lipinski definition) is 3. The fourth-order valence-electron chi connectivity index (χ4n) is 2.35. The largest absolute Gasteiger partial charge is 0.387 e. The molecule has 0 fully saturated rings. The van der Waals surface area contributed by atoms with Gasteiger partial charge in [-0.25, -0.2) is 9.38 Å². The predicted octanol–water partition coefficient (Wildman–Crippen LogP) is 3.85. The number of aliphatic hydroxyl groups excluding tert-OH is 1. The van der Waals surface area contributed by atoms with Gasteiger partial charge in [0.25, 0.3) is 0 Å². The highest BCUT2D eigenvalue weighted by atomic mass is 127. The Balaban J connectivity index is 0.00000338. The van der Waals surface area contributed by atoms with E-state index in [-0.39, 0.29) is 29.8 Å². The standard InChI is InChI=1S/C20H26FN3O.HI/c1-4-22-20(23-12-16-8-7-15(3)18(21)11-16)24-13-19(25)17-9-5-14(2)6-10-17;/h5-11,19,25H,4,12-13H2,1-3H3,(H2,22,23,24);1H. The van der Waals surface area contributed by atoms with Crippen molar-refractivity contribution < 1.29 is 9.50 Å². The van der Waals surface area contributed by atoms with Gasteiger partial charge in [0.05, 0.1) is 12.6 Å². The van der Waals surface area contributed by atoms with E-state index in [1.807, 2.05) is 44.2 Å². The monoisotopic (exact) mass is 471 g/mol. The molecule has 2 aromatic carbocycles. The van der Waals surface area contributed by atoms with Gasteiger partial charge in [0.2, 0.25) is 0 Å². The van der Waals surface area contributed by atoms with E-state index in [4.69, 9.17) is 0 Å². The third-order valence-corrected chi connectivity index (χ3v) is 3.93. The van der Waals surface area contributed by atoms with Crippen LogP contribution in [-0.4, -0.2) is 24.2 Å². The zero-order valence-corrected chi connectivity index (χ0v) is 17.8. The molecule has 0 bridgehead atoms. The van der Waals surface area contributed by atoms with E-state index in [2.05, 4.69) is 15.6 Å². The summed E-state index contributed by atoms with van der Waals surface area (Å²) in [6, 6.07) is 12.9. The summed E-state index contributed by atoms with van der Waals surface area (Å²) in [7, 11) is 0. The minimum absolute atomic E-state index is 0. The SMILES string of the molecule is CCNC(=NCc1ccc(C)c(F)c1)NCC(O)c1ccc(C)cc1.I. The molecule has 6 heteroatoms. The molecule has 0 aliphatic heterocycles. The van der Waals surface area contributed by atoms with Crippen molar-refractivity contribution in [1.29, 1.82) is 0 Å². The summed E-state index contributed by atoms with van der Waals surface area (Å²) in [5.74, 6) is 0.370. The number of nitrogens with one attached hydrogen (secondary N) is 2. The molecule has 0 spiro atoms. The molecule has 0 aromatic heterocycles. The predicted molar refractivity (Wildman–Crippen MR) is 116 cm³/mol. The number of halogens is 2. The first-order chi connectivity index (χ1) is 12.0. The lowest BCUT2D eigenvalue weighted by Gasteiger charge is -2.16. The second-order valence-electron chi connectivity index (χ2n) is 6.09. The van der Waals surface area contributed by atoms with Crippen molar-refractivity contribution in [3.05, 3.63) is 70.5 Å². The Labute approximate surface area is 172 Å². The average molecular weight is 471 g/mol. The molecule has 1 unspecified atom stereocenters. The molecule has 2 rings (SSSR count). The van der Waals surface area contributed by atoms with Crippen LogP contribution in [0.3, 0.4) is 0 Å². The number of aliphatic hydroxyl groups is 1. The topological polar surface area (TPSA) is 56.7 Å². The number of nitrogens with zero attached hydrogens (tertiary/aromatic N) is 1. The van der Waals surface area contributed by atoms with Crippen molar-refractivity contribution in [2.24, 2.45) is 4.99 Å². The highest BCUT2D eigenvalue weighted by Gasteiger charge is 2.08. The molecule has 0 saturated heterocycles. The summed E-state index contributed by atoms with van der Waals surface area (Å²) in [4.78, 5) is 4.45. The van der Waals surface area contributed by atoms with E-state index in [1.165, 1.54) is 6.07 Å². The van der Waals surface area contributed by atoms with Gasteiger partial charge in [-0.05, 0) is 43.5 Å². The maximum absolute atomic E-state index is 13.6. The number of benzene rings is 2. The second kappa shape index (κ2) is 11.1. The van der Waals surface area contributed by atoms with Gasteiger partial charge < -0.3 is 15.7 Å². The summed E-state index contributed by atoms with van der Waals surface area (Å²) in [5.41, 5.74) is 3.44. The zero-order chi connectivity index (χ0) is 18.2. The van der Waals surface area contributed by atoms with Crippen molar-refractivity contribution in [3.63, 3.8) is 0 Å². The summed E-state index contributed by atoms with van der Waals surface area (Å²) >= 11 is 0. The van der Waals surface area contributed by atoms with Crippen LogP contribution in [0.25, 0.3) is 0 Å². The molecular weight excluding hydrogens is 444 g/mol. The highest BCUT2D eigenvalue weighted by molar-refractivity contribution is 14.0. The van der Waals surface area contributed by atoms with Crippen LogP contribution < -0.4 is 10.6 Å². The molecule has 4 nitrogen and oxygen atoms in total. The van der Waals surface area contributed by atoms with Crippen LogP contribution in [0.5, 0.6) is 0 Å². The van der Waals surface area contributed by atoms with Gasteiger partial charge >= 0.3 is 0 Å². The van der Waals surface area contributed by atoms with Crippen molar-refractivity contribution in [3.8, 4) is 0 Å². The molecule has 0 amide bonds. The van der Waals surface area contributed by atoms with Crippen LogP contribution in [0.15, 0.2) is 47.5 Å². The third kappa shape index (κ3) is 6.92. The van der Waals surface area contributed by atoms with Crippen molar-refractivity contribution >= 4 is 29.9 Å². The van der Waals surface area contributed by atoms with Gasteiger partial charge in [-0.1, -0.05) is 42.0 Å². The fraction of sp³-hybridized carbons (Fsp3) is 0.350. The average Bonchev–Trinajstić information content (AvgIpc) is 2.60. The molecule has 0 radical (unpaired) electrons. The first-order valence-corrected chi connectivity index (χ1v) is 8.51. The van der Waals surface area contributed by atoms with E-state index < -0.39 is 6.10 Å². The molecule has 0 aliphatic rings. The third-order valence-electron chi connectivity index (χ3n) is 3.93. The second-order valence-corrected chi connectivity index (χ2v) is 6.09. The zero-order valence-electron chi connectivity index (χ0n) is 15.4. The minimum Gasteiger partial charge on any atom is -0.387 e. The fourth-order valence-corrected chi connectivity index (χ4v) is 2.35. The highest BCUT2D eigenvalue weighted by Crippen LogP contribution is 2.13. The molecule has 0 saturated carbocycles. The quantitative estimate of drug-likeness (QED) is 0.341. The number of guanidine groups is 1. The smallest absolute Gasteiger partial charge is 0.191 e. The van der Waals surface area contributed by atoms with Gasteiger partial charge in [0.1, 0.15) is 5.82 Å². The van der Waals surface area contributed by atoms with E-state index in [1.54, 1.807) is 13.0 Å². The van der Waals surface area contributed by atoms with Gasteiger partial charge in [-0.15, -0.1) is 24.0 Å². The van der Waals surface area contributed by atoms with E-state index in [9.17, 15) is 9.50 Å². The molecule has 0 aliphatic carbocycles. The summed E-state index contributed by atoms with van der Waals surface area (Å²) in [6.45, 7) is 7.14. The summed E-state index contributed by atoms with van der Waals surface area (Å²) in [5, 5.41) is 16.5. The summed E-state index contributed by atoms with van der Waals surface area (Å²) in [6.07, 6.45) is -0.624. The van der Waals surface area contributed by atoms with Crippen molar-refractivity contribution in [2.45, 2.75) is 33.4 Å². The molecule has 3 N–H and O–H groups in total. The van der Waals surface area contributed by atoms with Gasteiger partial charge in [0.15, 0.2) is 5.96 Å². The number of hydrogen-bond acceptors (Lipinski definition) is 2. The Morgan fingerprint density at radius 3 is 2.42 bits per heavy atom. The Kier molecular flexibility index (Phi) is 9.58. The Hall–Kier alpha value is -1.67. The number of aliphatic imine (C=N–C) groups is 1. The Morgan fingerprint density at radius 2 is 1.81 bits per heavy atom. The van der Waals surface area contributed by atoms with Crippen LogP contribution in [0.1, 0.15) is 35.3 Å². The minimum atomic E-state index is -0.624. The molecule has 2 aromatic rings. The van der Waals surface area contributed by atoms with Crippen molar-refractivity contribution in [1.82, 2.24) is 10.6 Å². The maximum Gasteiger partial charge on any atom is 0.191 e. The van der Waals surface area contributed by atoms with Crippen LogP contribution in [0, 0.1) is 19.7 Å². The van der Waals surface area contributed by atoms with Crippen LogP contribution >= 0.6 is 24.0 Å². The van der Waals surface area contributed by atoms with Crippen LogP contribution in [0.4, 0.5) is 4.39 Å². The molecule has 142 valence electrons. The number of aryl methyl sites for hydroxylation is 2. The Morgan fingerprint density at radius 1 is 1.12 bits per heavy atom. The lowest BCUT2D eigenvalue weighted by Crippen LogP contribution is -2.39. The number of rotatable bonds is 6. The van der Waals surface area contributed by atoms with E-state index in [0.29, 0.717) is 31.2 Å². The normalized spacial score (nSPS) is 12.3. The van der Waals surface area contributed by atoms with E-state index in [0.717, 1.165) is 16.7 Å². The van der Waals surface area contributed by atoms with Gasteiger partial charge in [-0.2, -0.15) is 0 Å². The molecule has 0 heterocycles. The lowest BCUT2D eigenvalue weighted by atomic mass is 10.1. The first-order valence-electron chi connectivity index (χ1n) is 8.51. The first kappa shape index (κ1) is 22.4. The summed E-state index contributed by atoms with van der Waals surface area (Å²) < 4.78 is 13.6. The van der Waals surface area contributed by atoms with Crippen LogP contribution in [-0.2, 0) is 6.54 Å². The molecular formula is C20H27FIN3O. The molecule has 1 atom stereocenters. The lowest BCUT2D eigenvalue weighted by molar-refractivity contribution is 0.181. The van der Waals surface area contributed by atoms with Gasteiger partial charge in [0, 0.05) is 13.1 Å². The molecule has 26 heavy (non-hydrogen) atoms. The maximum atomic E-state index is 13.6. The van der Waals surface area contributed by atoms with Crippen LogP contribution in [0.2, 0.25) is 0 Å². The van der Waals surface area contributed by atoms with E-state index >= 15 is 0 Å².